The second-order valence-corrected chi connectivity index (χ2v) is 8.82. The molecule has 0 aromatic heterocycles. The average Bonchev–Trinajstić information content (AvgIpc) is 2.43. The monoisotopic (exact) mass is 319 g/mol. The Hall–Kier alpha value is -0.170. The minimum Gasteiger partial charge on any atom is -0.314 e. The highest BCUT2D eigenvalue weighted by atomic mass is 32.2. The minimum atomic E-state index is -3.32. The first-order chi connectivity index (χ1) is 9.75. The largest absolute Gasteiger partial charge is 0.314 e. The third kappa shape index (κ3) is 5.85. The van der Waals surface area contributed by atoms with Crippen molar-refractivity contribution in [3.8, 4) is 0 Å². The highest BCUT2D eigenvalue weighted by molar-refractivity contribution is 7.86. The molecule has 1 N–H and O–H groups in total. The van der Waals surface area contributed by atoms with Crippen LogP contribution < -0.4 is 5.32 Å². The molecule has 0 bridgehead atoms. The van der Waals surface area contributed by atoms with Crippen LogP contribution in [0.25, 0.3) is 0 Å². The fourth-order valence-corrected chi connectivity index (χ4v) is 4.21. The summed E-state index contributed by atoms with van der Waals surface area (Å²) in [4.78, 5) is 0. The van der Waals surface area contributed by atoms with Gasteiger partial charge in [-0.3, -0.25) is 0 Å². The van der Waals surface area contributed by atoms with Gasteiger partial charge in [-0.15, -0.1) is 0 Å². The van der Waals surface area contributed by atoms with Gasteiger partial charge in [-0.05, 0) is 44.6 Å². The minimum absolute atomic E-state index is 0.169. The summed E-state index contributed by atoms with van der Waals surface area (Å²) in [6.45, 7) is 7.85. The molecule has 1 fully saturated rings. The maximum absolute atomic E-state index is 12.6. The summed E-state index contributed by atoms with van der Waals surface area (Å²) in [5, 5.41) is 3.31. The van der Waals surface area contributed by atoms with Crippen LogP contribution in [0.4, 0.5) is 0 Å². The van der Waals surface area contributed by atoms with E-state index in [0.29, 0.717) is 12.6 Å². The summed E-state index contributed by atoms with van der Waals surface area (Å²) in [5.41, 5.74) is 0. The van der Waals surface area contributed by atoms with Gasteiger partial charge >= 0.3 is 0 Å². The maximum atomic E-state index is 12.6. The van der Waals surface area contributed by atoms with Crippen LogP contribution in [0.3, 0.4) is 0 Å². The van der Waals surface area contributed by atoms with Crippen molar-refractivity contribution >= 4 is 10.2 Å². The summed E-state index contributed by atoms with van der Waals surface area (Å²) in [7, 11) is 0.104. The van der Waals surface area contributed by atoms with Crippen molar-refractivity contribution in [2.45, 2.75) is 65.0 Å². The quantitative estimate of drug-likeness (QED) is 0.697. The van der Waals surface area contributed by atoms with E-state index < -0.39 is 10.2 Å². The molecule has 0 unspecified atom stereocenters. The zero-order chi connectivity index (χ0) is 16.0. The van der Waals surface area contributed by atoms with Gasteiger partial charge in [-0.1, -0.05) is 20.8 Å². The van der Waals surface area contributed by atoms with E-state index in [9.17, 15) is 8.42 Å². The molecule has 0 saturated heterocycles. The van der Waals surface area contributed by atoms with Crippen molar-refractivity contribution in [1.29, 1.82) is 0 Å². The average molecular weight is 320 g/mol. The highest BCUT2D eigenvalue weighted by Crippen LogP contribution is 2.28. The Morgan fingerprint density at radius 2 is 1.71 bits per heavy atom. The van der Waals surface area contributed by atoms with E-state index in [0.717, 1.165) is 44.6 Å². The van der Waals surface area contributed by atoms with Crippen LogP contribution in [-0.4, -0.2) is 56.3 Å². The molecule has 1 saturated carbocycles. The fourth-order valence-electron chi connectivity index (χ4n) is 2.82. The molecule has 1 rings (SSSR count). The van der Waals surface area contributed by atoms with Crippen LogP contribution in [0.1, 0.15) is 52.9 Å². The van der Waals surface area contributed by atoms with Crippen molar-refractivity contribution < 1.29 is 8.42 Å². The van der Waals surface area contributed by atoms with E-state index in [1.807, 2.05) is 0 Å². The Balaban J connectivity index is 2.46. The van der Waals surface area contributed by atoms with Gasteiger partial charge in [0.15, 0.2) is 0 Å². The SMILES string of the molecule is CC1CCC(N(C)S(=O)(=O)N(C)CCCNC(C)C)CC1. The van der Waals surface area contributed by atoms with Crippen molar-refractivity contribution in [2.24, 2.45) is 5.92 Å². The predicted octanol–water partition coefficient (Wildman–Crippen LogP) is 2.06. The lowest BCUT2D eigenvalue weighted by Crippen LogP contribution is -2.46. The van der Waals surface area contributed by atoms with Crippen LogP contribution in [0, 0.1) is 5.92 Å². The molecule has 126 valence electrons. The van der Waals surface area contributed by atoms with E-state index in [4.69, 9.17) is 0 Å². The molecule has 0 spiro atoms. The second-order valence-electron chi connectivity index (χ2n) is 6.72. The number of hydrogen-bond donors (Lipinski definition) is 1. The summed E-state index contributed by atoms with van der Waals surface area (Å²) in [5.74, 6) is 0.734. The van der Waals surface area contributed by atoms with Crippen molar-refractivity contribution in [1.82, 2.24) is 13.9 Å². The Morgan fingerprint density at radius 3 is 2.24 bits per heavy atom. The standard InChI is InChI=1S/C15H33N3O2S/c1-13(2)16-11-6-12-17(4)21(19,20)18(5)15-9-7-14(3)8-10-15/h13-16H,6-12H2,1-5H3. The molecule has 0 atom stereocenters. The van der Waals surface area contributed by atoms with Crippen LogP contribution in [0.5, 0.6) is 0 Å². The van der Waals surface area contributed by atoms with Gasteiger partial charge in [0.25, 0.3) is 10.2 Å². The van der Waals surface area contributed by atoms with Crippen LogP contribution >= 0.6 is 0 Å². The van der Waals surface area contributed by atoms with Gasteiger partial charge < -0.3 is 5.32 Å². The molecule has 0 radical (unpaired) electrons. The molecule has 6 heteroatoms. The van der Waals surface area contributed by atoms with Crippen molar-refractivity contribution in [3.05, 3.63) is 0 Å². The Morgan fingerprint density at radius 1 is 1.14 bits per heavy atom. The van der Waals surface area contributed by atoms with Gasteiger partial charge in [-0.2, -0.15) is 17.0 Å². The molecule has 5 nitrogen and oxygen atoms in total. The smallest absolute Gasteiger partial charge is 0.281 e. The van der Waals surface area contributed by atoms with Crippen molar-refractivity contribution in [2.75, 3.05) is 27.2 Å². The summed E-state index contributed by atoms with van der Waals surface area (Å²) >= 11 is 0. The van der Waals surface area contributed by atoms with Gasteiger partial charge in [0.2, 0.25) is 0 Å². The molecule has 0 aromatic rings. The lowest BCUT2D eigenvalue weighted by molar-refractivity contribution is 0.235. The van der Waals surface area contributed by atoms with Gasteiger partial charge in [0.1, 0.15) is 0 Å². The van der Waals surface area contributed by atoms with Crippen LogP contribution in [0.2, 0.25) is 0 Å². The maximum Gasteiger partial charge on any atom is 0.281 e. The van der Waals surface area contributed by atoms with E-state index in [1.54, 1.807) is 18.4 Å². The van der Waals surface area contributed by atoms with Gasteiger partial charge in [0.05, 0.1) is 0 Å². The molecule has 0 heterocycles. The van der Waals surface area contributed by atoms with Gasteiger partial charge in [0, 0.05) is 32.7 Å². The first kappa shape index (κ1) is 18.9. The number of nitrogens with one attached hydrogen (secondary N) is 1. The third-order valence-corrected chi connectivity index (χ3v) is 6.46. The molecule has 0 amide bonds. The first-order valence-corrected chi connectivity index (χ1v) is 9.57. The van der Waals surface area contributed by atoms with Crippen molar-refractivity contribution in [3.63, 3.8) is 0 Å². The number of hydrogen-bond acceptors (Lipinski definition) is 3. The first-order valence-electron chi connectivity index (χ1n) is 8.17. The normalized spacial score (nSPS) is 24.2. The fraction of sp³-hybridized carbons (Fsp3) is 1.00. The second kappa shape index (κ2) is 8.46. The van der Waals surface area contributed by atoms with E-state index in [1.165, 1.54) is 4.31 Å². The molecular formula is C15H33N3O2S. The Bertz CT molecular complexity index is 390. The third-order valence-electron chi connectivity index (χ3n) is 4.46. The molecular weight excluding hydrogens is 286 g/mol. The van der Waals surface area contributed by atoms with E-state index in [2.05, 4.69) is 26.1 Å². The predicted molar refractivity (Wildman–Crippen MR) is 88.5 cm³/mol. The summed E-state index contributed by atoms with van der Waals surface area (Å²) in [6, 6.07) is 0.612. The van der Waals surface area contributed by atoms with Crippen LogP contribution in [-0.2, 0) is 10.2 Å². The molecule has 0 aromatic carbocycles. The molecule has 1 aliphatic carbocycles. The number of rotatable bonds is 8. The van der Waals surface area contributed by atoms with E-state index >= 15 is 0 Å². The molecule has 0 aliphatic heterocycles. The lowest BCUT2D eigenvalue weighted by Gasteiger charge is -2.35. The Kier molecular flexibility index (Phi) is 7.60. The molecule has 1 aliphatic rings. The highest BCUT2D eigenvalue weighted by Gasteiger charge is 2.31. The number of nitrogens with zero attached hydrogens (tertiary/aromatic N) is 2. The van der Waals surface area contributed by atoms with E-state index in [-0.39, 0.29) is 6.04 Å². The molecule has 21 heavy (non-hydrogen) atoms. The zero-order valence-electron chi connectivity index (χ0n) is 14.3. The lowest BCUT2D eigenvalue weighted by atomic mass is 9.87. The topological polar surface area (TPSA) is 52.7 Å². The Labute approximate surface area is 131 Å². The summed E-state index contributed by atoms with van der Waals surface area (Å²) in [6.07, 6.45) is 5.07. The van der Waals surface area contributed by atoms with Crippen LogP contribution in [0.15, 0.2) is 0 Å². The van der Waals surface area contributed by atoms with Gasteiger partial charge in [-0.25, -0.2) is 0 Å². The summed E-state index contributed by atoms with van der Waals surface area (Å²) < 4.78 is 28.2. The zero-order valence-corrected chi connectivity index (χ0v) is 15.1.